The highest BCUT2D eigenvalue weighted by molar-refractivity contribution is 5.96. The maximum absolute atomic E-state index is 12.4. The lowest BCUT2D eigenvalue weighted by molar-refractivity contribution is -0.137. The van der Waals surface area contributed by atoms with Gasteiger partial charge >= 0.3 is 6.18 Å². The Balaban J connectivity index is 2.63. The van der Waals surface area contributed by atoms with E-state index in [1.54, 1.807) is 0 Å². The Morgan fingerprint density at radius 3 is 2.56 bits per heavy atom. The lowest BCUT2D eigenvalue weighted by Gasteiger charge is -2.08. The standard InChI is InChI=1S/C11H11F3N2O2/c1-7(17)2-10(18)16-5-8-3-9(6-15-4-8)11(12,13)14/h3-4,6H,2,5H2,1H3,(H,16,18). The summed E-state index contributed by atoms with van der Waals surface area (Å²) in [5, 5.41) is 2.34. The van der Waals surface area contributed by atoms with Crippen LogP contribution < -0.4 is 5.32 Å². The van der Waals surface area contributed by atoms with Crippen LogP contribution in [0.2, 0.25) is 0 Å². The van der Waals surface area contributed by atoms with Crippen LogP contribution in [0.1, 0.15) is 24.5 Å². The molecule has 0 bridgehead atoms. The van der Waals surface area contributed by atoms with E-state index in [-0.39, 0.29) is 24.3 Å². The van der Waals surface area contributed by atoms with Gasteiger partial charge in [0.15, 0.2) is 0 Å². The molecule has 1 heterocycles. The van der Waals surface area contributed by atoms with E-state index in [0.29, 0.717) is 6.20 Å². The zero-order chi connectivity index (χ0) is 13.8. The molecular formula is C11H11F3N2O2. The molecule has 0 saturated carbocycles. The fraction of sp³-hybridized carbons (Fsp3) is 0.364. The van der Waals surface area contributed by atoms with E-state index in [4.69, 9.17) is 0 Å². The van der Waals surface area contributed by atoms with Crippen molar-refractivity contribution in [2.75, 3.05) is 0 Å². The summed E-state index contributed by atoms with van der Waals surface area (Å²) in [6, 6.07) is 0.904. The molecule has 4 nitrogen and oxygen atoms in total. The summed E-state index contributed by atoms with van der Waals surface area (Å²) < 4.78 is 37.1. The Kier molecular flexibility index (Phi) is 4.41. The first-order chi connectivity index (χ1) is 8.29. The Labute approximate surface area is 101 Å². The number of hydrogen-bond acceptors (Lipinski definition) is 3. The topological polar surface area (TPSA) is 59.1 Å². The summed E-state index contributed by atoms with van der Waals surface area (Å²) in [5.74, 6) is -0.838. The number of nitrogens with zero attached hydrogens (tertiary/aromatic N) is 1. The number of alkyl halides is 3. The number of carbonyl (C=O) groups is 2. The van der Waals surface area contributed by atoms with Crippen LogP contribution in [0, 0.1) is 0 Å². The van der Waals surface area contributed by atoms with Crippen LogP contribution in [0.15, 0.2) is 18.5 Å². The van der Waals surface area contributed by atoms with E-state index in [1.807, 2.05) is 0 Å². The second-order valence-electron chi connectivity index (χ2n) is 3.74. The maximum atomic E-state index is 12.4. The Bertz CT molecular complexity index is 458. The number of halogens is 3. The average molecular weight is 260 g/mol. The van der Waals surface area contributed by atoms with Gasteiger partial charge in [0, 0.05) is 18.9 Å². The molecule has 18 heavy (non-hydrogen) atoms. The van der Waals surface area contributed by atoms with Gasteiger partial charge in [0.25, 0.3) is 0 Å². The molecule has 0 fully saturated rings. The summed E-state index contributed by atoms with van der Waals surface area (Å²) in [5.41, 5.74) is -0.650. The molecular weight excluding hydrogens is 249 g/mol. The minimum absolute atomic E-state index is 0.0942. The zero-order valence-corrected chi connectivity index (χ0v) is 9.54. The van der Waals surface area contributed by atoms with Gasteiger partial charge in [-0.15, -0.1) is 0 Å². The van der Waals surface area contributed by atoms with Crippen molar-refractivity contribution in [1.82, 2.24) is 10.3 Å². The third kappa shape index (κ3) is 4.52. The van der Waals surface area contributed by atoms with Gasteiger partial charge in [-0.05, 0) is 18.6 Å². The molecule has 98 valence electrons. The molecule has 1 amide bonds. The van der Waals surface area contributed by atoms with Gasteiger partial charge in [-0.3, -0.25) is 14.6 Å². The van der Waals surface area contributed by atoms with Crippen LogP contribution in [0.5, 0.6) is 0 Å². The normalized spacial score (nSPS) is 11.1. The van der Waals surface area contributed by atoms with E-state index in [1.165, 1.54) is 13.1 Å². The number of Topliss-reactive ketones (excluding diaryl/α,β-unsaturated/α-hetero) is 1. The molecule has 1 N–H and O–H groups in total. The predicted octanol–water partition coefficient (Wildman–Crippen LogP) is 1.70. The number of amides is 1. The molecule has 0 radical (unpaired) electrons. The van der Waals surface area contributed by atoms with Crippen LogP contribution in [0.4, 0.5) is 13.2 Å². The molecule has 7 heteroatoms. The van der Waals surface area contributed by atoms with E-state index in [2.05, 4.69) is 10.3 Å². The number of aromatic nitrogens is 1. The molecule has 0 aliphatic carbocycles. The van der Waals surface area contributed by atoms with Crippen LogP contribution in [-0.4, -0.2) is 16.7 Å². The van der Waals surface area contributed by atoms with Crippen molar-refractivity contribution in [3.8, 4) is 0 Å². The number of nitrogens with one attached hydrogen (secondary N) is 1. The van der Waals surface area contributed by atoms with E-state index >= 15 is 0 Å². The van der Waals surface area contributed by atoms with Crippen molar-refractivity contribution < 1.29 is 22.8 Å². The molecule has 1 aromatic heterocycles. The molecule has 1 rings (SSSR count). The highest BCUT2D eigenvalue weighted by Gasteiger charge is 2.30. The van der Waals surface area contributed by atoms with E-state index in [9.17, 15) is 22.8 Å². The average Bonchev–Trinajstić information content (AvgIpc) is 2.25. The minimum Gasteiger partial charge on any atom is -0.352 e. The van der Waals surface area contributed by atoms with Crippen LogP contribution in [-0.2, 0) is 22.3 Å². The first-order valence-electron chi connectivity index (χ1n) is 5.06. The third-order valence-corrected chi connectivity index (χ3v) is 2.02. The second kappa shape index (κ2) is 5.61. The first kappa shape index (κ1) is 14.1. The molecule has 0 saturated heterocycles. The largest absolute Gasteiger partial charge is 0.417 e. The summed E-state index contributed by atoms with van der Waals surface area (Å²) in [7, 11) is 0. The van der Waals surface area contributed by atoms with Gasteiger partial charge < -0.3 is 5.32 Å². The van der Waals surface area contributed by atoms with Gasteiger partial charge in [0.05, 0.1) is 12.0 Å². The van der Waals surface area contributed by atoms with Crippen molar-refractivity contribution in [3.05, 3.63) is 29.6 Å². The number of ketones is 1. The van der Waals surface area contributed by atoms with Crippen molar-refractivity contribution >= 4 is 11.7 Å². The quantitative estimate of drug-likeness (QED) is 0.838. The number of rotatable bonds is 4. The number of hydrogen-bond donors (Lipinski definition) is 1. The summed E-state index contributed by atoms with van der Waals surface area (Å²) >= 11 is 0. The van der Waals surface area contributed by atoms with Gasteiger partial charge in [-0.2, -0.15) is 13.2 Å². The highest BCUT2D eigenvalue weighted by atomic mass is 19.4. The second-order valence-corrected chi connectivity index (χ2v) is 3.74. The predicted molar refractivity (Wildman–Crippen MR) is 56.4 cm³/mol. The van der Waals surface area contributed by atoms with E-state index < -0.39 is 17.6 Å². The lowest BCUT2D eigenvalue weighted by atomic mass is 10.2. The number of pyridine rings is 1. The van der Waals surface area contributed by atoms with Crippen LogP contribution in [0.3, 0.4) is 0 Å². The van der Waals surface area contributed by atoms with E-state index in [0.717, 1.165) is 6.07 Å². The molecule has 0 aliphatic heterocycles. The zero-order valence-electron chi connectivity index (χ0n) is 9.54. The van der Waals surface area contributed by atoms with Crippen LogP contribution in [0.25, 0.3) is 0 Å². The molecule has 0 aliphatic rings. The molecule has 0 atom stereocenters. The summed E-state index contributed by atoms with van der Waals surface area (Å²) in [6.45, 7) is 1.16. The molecule has 0 unspecified atom stereocenters. The van der Waals surface area contributed by atoms with Crippen LogP contribution >= 0.6 is 0 Å². The van der Waals surface area contributed by atoms with Gasteiger partial charge in [-0.1, -0.05) is 0 Å². The molecule has 0 aromatic carbocycles. The van der Waals surface area contributed by atoms with Crippen molar-refractivity contribution in [1.29, 1.82) is 0 Å². The Morgan fingerprint density at radius 2 is 2.00 bits per heavy atom. The first-order valence-corrected chi connectivity index (χ1v) is 5.06. The molecule has 1 aromatic rings. The van der Waals surface area contributed by atoms with Crippen molar-refractivity contribution in [3.63, 3.8) is 0 Å². The van der Waals surface area contributed by atoms with Gasteiger partial charge in [-0.25, -0.2) is 0 Å². The summed E-state index contributed by atoms with van der Waals surface area (Å²) in [6.07, 6.45) is -2.82. The summed E-state index contributed by atoms with van der Waals surface area (Å²) in [4.78, 5) is 25.2. The third-order valence-electron chi connectivity index (χ3n) is 2.02. The smallest absolute Gasteiger partial charge is 0.352 e. The van der Waals surface area contributed by atoms with Crippen molar-refractivity contribution in [2.24, 2.45) is 0 Å². The fourth-order valence-electron chi connectivity index (χ4n) is 1.23. The minimum atomic E-state index is -4.47. The lowest BCUT2D eigenvalue weighted by Crippen LogP contribution is -2.24. The van der Waals surface area contributed by atoms with Crippen molar-refractivity contribution in [2.45, 2.75) is 26.1 Å². The monoisotopic (exact) mass is 260 g/mol. The Morgan fingerprint density at radius 1 is 1.33 bits per heavy atom. The van der Waals surface area contributed by atoms with Gasteiger partial charge in [0.1, 0.15) is 5.78 Å². The highest BCUT2D eigenvalue weighted by Crippen LogP contribution is 2.28. The Hall–Kier alpha value is -1.92. The molecule has 0 spiro atoms. The van der Waals surface area contributed by atoms with Gasteiger partial charge in [0.2, 0.25) is 5.91 Å². The maximum Gasteiger partial charge on any atom is 0.417 e. The SMILES string of the molecule is CC(=O)CC(=O)NCc1cncc(C(F)(F)F)c1. The fourth-order valence-corrected chi connectivity index (χ4v) is 1.23. The number of carbonyl (C=O) groups excluding carboxylic acids is 2.